The Kier molecular flexibility index (Phi) is 2.56. The molecule has 0 spiro atoms. The van der Waals surface area contributed by atoms with Crippen molar-refractivity contribution < 1.29 is 14.9 Å². The van der Waals surface area contributed by atoms with Crippen LogP contribution in [0.4, 0.5) is 0 Å². The van der Waals surface area contributed by atoms with Crippen molar-refractivity contribution in [2.24, 2.45) is 0 Å². The predicted molar refractivity (Wildman–Crippen MR) is 51.3 cm³/mol. The highest BCUT2D eigenvalue weighted by molar-refractivity contribution is 5.40. The predicted octanol–water partition coefficient (Wildman–Crippen LogP) is 0.759. The first-order valence-electron chi connectivity index (χ1n) is 4.60. The zero-order chi connectivity index (χ0) is 9.97. The van der Waals surface area contributed by atoms with E-state index >= 15 is 0 Å². The Bertz CT molecular complexity index is 321. The fourth-order valence-corrected chi connectivity index (χ4v) is 1.59. The number of rotatable bonds is 1. The number of phenolic OH excluding ortho intramolecular Hbond substituents is 2. The van der Waals surface area contributed by atoms with Crippen molar-refractivity contribution in [1.29, 1.82) is 0 Å². The third kappa shape index (κ3) is 1.81. The van der Waals surface area contributed by atoms with E-state index in [-0.39, 0.29) is 17.5 Å². The van der Waals surface area contributed by atoms with Crippen LogP contribution in [0.1, 0.15) is 11.6 Å². The molecule has 0 unspecified atom stereocenters. The molecular weight excluding hydrogens is 182 g/mol. The highest BCUT2D eigenvalue weighted by atomic mass is 16.5. The summed E-state index contributed by atoms with van der Waals surface area (Å²) in [5.74, 6) is 0.343. The summed E-state index contributed by atoms with van der Waals surface area (Å²) in [6.07, 6.45) is 0. The standard InChI is InChI=1S/C10H13NO3/c12-7-1-2-10(13)8(5-7)9-6-14-4-3-11-9/h1-2,5,9,11-13H,3-4,6H2/t9-/m0/s1. The zero-order valence-corrected chi connectivity index (χ0v) is 7.73. The second-order valence-electron chi connectivity index (χ2n) is 3.32. The van der Waals surface area contributed by atoms with Crippen molar-refractivity contribution in [2.75, 3.05) is 19.8 Å². The van der Waals surface area contributed by atoms with Gasteiger partial charge in [-0.15, -0.1) is 0 Å². The molecule has 1 saturated heterocycles. The molecule has 1 aromatic carbocycles. The summed E-state index contributed by atoms with van der Waals surface area (Å²) in [6.45, 7) is 1.98. The van der Waals surface area contributed by atoms with Gasteiger partial charge in [-0.3, -0.25) is 0 Å². The molecule has 0 radical (unpaired) electrons. The van der Waals surface area contributed by atoms with Crippen molar-refractivity contribution in [3.63, 3.8) is 0 Å². The smallest absolute Gasteiger partial charge is 0.120 e. The van der Waals surface area contributed by atoms with E-state index in [4.69, 9.17) is 4.74 Å². The minimum Gasteiger partial charge on any atom is -0.508 e. The van der Waals surface area contributed by atoms with Crippen LogP contribution >= 0.6 is 0 Å². The number of hydrogen-bond acceptors (Lipinski definition) is 4. The van der Waals surface area contributed by atoms with E-state index in [2.05, 4.69) is 5.32 Å². The van der Waals surface area contributed by atoms with E-state index in [1.807, 2.05) is 0 Å². The van der Waals surface area contributed by atoms with Crippen molar-refractivity contribution in [2.45, 2.75) is 6.04 Å². The number of phenols is 2. The maximum Gasteiger partial charge on any atom is 0.120 e. The van der Waals surface area contributed by atoms with Gasteiger partial charge in [0, 0.05) is 12.1 Å². The van der Waals surface area contributed by atoms with Gasteiger partial charge in [0.25, 0.3) is 0 Å². The van der Waals surface area contributed by atoms with Gasteiger partial charge in [-0.05, 0) is 18.2 Å². The lowest BCUT2D eigenvalue weighted by atomic mass is 10.1. The molecular formula is C10H13NO3. The van der Waals surface area contributed by atoms with Crippen LogP contribution < -0.4 is 5.32 Å². The summed E-state index contributed by atoms with van der Waals surface area (Å²) >= 11 is 0. The molecule has 1 fully saturated rings. The second kappa shape index (κ2) is 3.86. The maximum absolute atomic E-state index is 9.58. The van der Waals surface area contributed by atoms with Gasteiger partial charge in [0.05, 0.1) is 19.3 Å². The lowest BCUT2D eigenvalue weighted by molar-refractivity contribution is 0.0760. The van der Waals surface area contributed by atoms with Crippen molar-refractivity contribution in [1.82, 2.24) is 5.32 Å². The summed E-state index contributed by atoms with van der Waals surface area (Å²) in [4.78, 5) is 0. The molecule has 14 heavy (non-hydrogen) atoms. The van der Waals surface area contributed by atoms with Gasteiger partial charge >= 0.3 is 0 Å². The quantitative estimate of drug-likeness (QED) is 0.579. The fraction of sp³-hybridized carbons (Fsp3) is 0.400. The minimum atomic E-state index is -0.0316. The Hall–Kier alpha value is -1.26. The van der Waals surface area contributed by atoms with Crippen molar-refractivity contribution >= 4 is 0 Å². The number of ether oxygens (including phenoxy) is 1. The Balaban J connectivity index is 2.24. The summed E-state index contributed by atoms with van der Waals surface area (Å²) in [7, 11) is 0. The Morgan fingerprint density at radius 1 is 1.36 bits per heavy atom. The molecule has 1 heterocycles. The van der Waals surface area contributed by atoms with Gasteiger partial charge in [-0.25, -0.2) is 0 Å². The Morgan fingerprint density at radius 3 is 2.93 bits per heavy atom. The fourth-order valence-electron chi connectivity index (χ4n) is 1.59. The van der Waals surface area contributed by atoms with Gasteiger partial charge < -0.3 is 20.3 Å². The molecule has 0 aliphatic carbocycles. The molecule has 0 amide bonds. The molecule has 4 nitrogen and oxygen atoms in total. The lowest BCUT2D eigenvalue weighted by Gasteiger charge is -2.24. The highest BCUT2D eigenvalue weighted by Gasteiger charge is 2.18. The molecule has 76 valence electrons. The summed E-state index contributed by atoms with van der Waals surface area (Å²) in [5, 5.41) is 22.1. The lowest BCUT2D eigenvalue weighted by Crippen LogP contribution is -2.34. The van der Waals surface area contributed by atoms with Gasteiger partial charge in [0.15, 0.2) is 0 Å². The Morgan fingerprint density at radius 2 is 2.21 bits per heavy atom. The third-order valence-electron chi connectivity index (χ3n) is 2.31. The van der Waals surface area contributed by atoms with Gasteiger partial charge in [-0.1, -0.05) is 0 Å². The van der Waals surface area contributed by atoms with Gasteiger partial charge in [0.2, 0.25) is 0 Å². The first-order chi connectivity index (χ1) is 6.77. The van der Waals surface area contributed by atoms with E-state index in [0.717, 1.165) is 6.54 Å². The molecule has 2 rings (SSSR count). The molecule has 0 bridgehead atoms. The normalized spacial score (nSPS) is 22.1. The average molecular weight is 195 g/mol. The van der Waals surface area contributed by atoms with Crippen LogP contribution in [0.25, 0.3) is 0 Å². The molecule has 1 aliphatic rings. The number of hydrogen-bond donors (Lipinski definition) is 3. The zero-order valence-electron chi connectivity index (χ0n) is 7.73. The summed E-state index contributed by atoms with van der Waals surface area (Å²) in [5.41, 5.74) is 0.685. The molecule has 0 aromatic heterocycles. The highest BCUT2D eigenvalue weighted by Crippen LogP contribution is 2.28. The van der Waals surface area contributed by atoms with Crippen LogP contribution in [0.3, 0.4) is 0 Å². The van der Waals surface area contributed by atoms with E-state index in [0.29, 0.717) is 18.8 Å². The van der Waals surface area contributed by atoms with E-state index in [1.165, 1.54) is 12.1 Å². The molecule has 1 aliphatic heterocycles. The van der Waals surface area contributed by atoms with Crippen LogP contribution in [0, 0.1) is 0 Å². The Labute approximate surface area is 82.1 Å². The topological polar surface area (TPSA) is 61.7 Å². The van der Waals surface area contributed by atoms with Crippen LogP contribution in [0.15, 0.2) is 18.2 Å². The third-order valence-corrected chi connectivity index (χ3v) is 2.31. The number of nitrogens with one attached hydrogen (secondary N) is 1. The average Bonchev–Trinajstić information content (AvgIpc) is 2.23. The van der Waals surface area contributed by atoms with E-state index < -0.39 is 0 Å². The van der Waals surface area contributed by atoms with Gasteiger partial charge in [0.1, 0.15) is 11.5 Å². The number of benzene rings is 1. The number of aromatic hydroxyl groups is 2. The monoisotopic (exact) mass is 195 g/mol. The van der Waals surface area contributed by atoms with Gasteiger partial charge in [-0.2, -0.15) is 0 Å². The van der Waals surface area contributed by atoms with E-state index in [9.17, 15) is 10.2 Å². The number of morpholine rings is 1. The second-order valence-corrected chi connectivity index (χ2v) is 3.32. The first-order valence-corrected chi connectivity index (χ1v) is 4.60. The van der Waals surface area contributed by atoms with E-state index in [1.54, 1.807) is 6.07 Å². The van der Waals surface area contributed by atoms with Crippen molar-refractivity contribution in [3.05, 3.63) is 23.8 Å². The van der Waals surface area contributed by atoms with Crippen molar-refractivity contribution in [3.8, 4) is 11.5 Å². The van der Waals surface area contributed by atoms with Crippen LogP contribution in [0.2, 0.25) is 0 Å². The van der Waals surface area contributed by atoms with Crippen LogP contribution in [-0.2, 0) is 4.74 Å². The SMILES string of the molecule is Oc1ccc(O)c([C@@H]2COCCN2)c1. The van der Waals surface area contributed by atoms with Crippen LogP contribution in [-0.4, -0.2) is 30.0 Å². The molecule has 1 atom stereocenters. The minimum absolute atomic E-state index is 0.0316. The molecule has 1 aromatic rings. The van der Waals surface area contributed by atoms with Crippen LogP contribution in [0.5, 0.6) is 11.5 Å². The molecule has 0 saturated carbocycles. The first kappa shape index (κ1) is 9.30. The summed E-state index contributed by atoms with van der Waals surface area (Å²) < 4.78 is 5.28. The maximum atomic E-state index is 9.58. The molecule has 4 heteroatoms. The molecule has 3 N–H and O–H groups in total. The largest absolute Gasteiger partial charge is 0.508 e. The summed E-state index contributed by atoms with van der Waals surface area (Å²) in [6, 6.07) is 4.47.